The quantitative estimate of drug-likeness (QED) is 0.755. The predicted molar refractivity (Wildman–Crippen MR) is 78.3 cm³/mol. The summed E-state index contributed by atoms with van der Waals surface area (Å²) in [7, 11) is 0. The summed E-state index contributed by atoms with van der Waals surface area (Å²) in [6.45, 7) is 6.71. The van der Waals surface area contributed by atoms with Crippen LogP contribution < -0.4 is 4.90 Å². The van der Waals surface area contributed by atoms with Gasteiger partial charge in [-0.25, -0.2) is 0 Å². The molecule has 0 N–H and O–H groups in total. The molecule has 0 saturated carbocycles. The summed E-state index contributed by atoms with van der Waals surface area (Å²) in [5.41, 5.74) is 4.79. The molecule has 0 saturated heterocycles. The van der Waals surface area contributed by atoms with E-state index >= 15 is 0 Å². The summed E-state index contributed by atoms with van der Waals surface area (Å²) < 4.78 is 0. The van der Waals surface area contributed by atoms with Gasteiger partial charge in [0.2, 0.25) is 0 Å². The number of nitrogens with zero attached hydrogens (tertiary/aromatic N) is 1. The normalized spacial score (nSPS) is 14.5. The van der Waals surface area contributed by atoms with Gasteiger partial charge >= 0.3 is 0 Å². The van der Waals surface area contributed by atoms with Crippen molar-refractivity contribution in [1.82, 2.24) is 0 Å². The topological polar surface area (TPSA) is 20.3 Å². The van der Waals surface area contributed by atoms with Crippen LogP contribution in [0.1, 0.15) is 21.5 Å². The van der Waals surface area contributed by atoms with Crippen LogP contribution in [-0.4, -0.2) is 12.5 Å². The average molecular weight is 249 g/mol. The molecule has 0 fully saturated rings. The fourth-order valence-electron chi connectivity index (χ4n) is 2.62. The number of fused-ring (bicyclic) bond motifs is 1. The molecule has 1 amide bonds. The van der Waals surface area contributed by atoms with Crippen LogP contribution in [0.4, 0.5) is 5.69 Å². The molecule has 0 atom stereocenters. The highest BCUT2D eigenvalue weighted by molar-refractivity contribution is 6.13. The zero-order valence-electron chi connectivity index (χ0n) is 10.9. The maximum absolute atomic E-state index is 12.6. The standard InChI is InChI=1S/C17H15NO/c1-12-7-6-10-15-16(12)13(2)11-18(17(15)19)14-8-4-3-5-9-14/h3-10H,2,11H2,1H3. The molecule has 0 aliphatic carbocycles. The monoisotopic (exact) mass is 249 g/mol. The molecular weight excluding hydrogens is 234 g/mol. The first-order chi connectivity index (χ1) is 9.18. The van der Waals surface area contributed by atoms with Gasteiger partial charge in [-0.15, -0.1) is 0 Å². The Morgan fingerprint density at radius 2 is 1.79 bits per heavy atom. The van der Waals surface area contributed by atoms with Crippen LogP contribution in [0.25, 0.3) is 5.57 Å². The molecule has 1 aliphatic heterocycles. The fraction of sp³-hybridized carbons (Fsp3) is 0.118. The summed E-state index contributed by atoms with van der Waals surface area (Å²) in [6.07, 6.45) is 0. The van der Waals surface area contributed by atoms with Gasteiger partial charge in [0.15, 0.2) is 0 Å². The van der Waals surface area contributed by atoms with Crippen molar-refractivity contribution in [3.8, 4) is 0 Å². The summed E-state index contributed by atoms with van der Waals surface area (Å²) in [5, 5.41) is 0. The molecular formula is C17H15NO. The largest absolute Gasteiger partial charge is 0.304 e. The van der Waals surface area contributed by atoms with Gasteiger partial charge < -0.3 is 4.90 Å². The van der Waals surface area contributed by atoms with E-state index in [0.29, 0.717) is 6.54 Å². The van der Waals surface area contributed by atoms with E-state index in [-0.39, 0.29) is 5.91 Å². The molecule has 2 heteroatoms. The van der Waals surface area contributed by atoms with Gasteiger partial charge in [-0.3, -0.25) is 4.79 Å². The third-order valence-corrected chi connectivity index (χ3v) is 3.52. The van der Waals surface area contributed by atoms with Crippen molar-refractivity contribution in [2.75, 3.05) is 11.4 Å². The minimum absolute atomic E-state index is 0.0531. The first-order valence-corrected chi connectivity index (χ1v) is 6.33. The maximum atomic E-state index is 12.6. The summed E-state index contributed by atoms with van der Waals surface area (Å²) in [4.78, 5) is 14.4. The van der Waals surface area contributed by atoms with E-state index in [1.165, 1.54) is 0 Å². The average Bonchev–Trinajstić information content (AvgIpc) is 2.43. The molecule has 0 bridgehead atoms. The van der Waals surface area contributed by atoms with Gasteiger partial charge in [0.1, 0.15) is 0 Å². The third-order valence-electron chi connectivity index (χ3n) is 3.52. The molecule has 1 aliphatic rings. The number of amides is 1. The van der Waals surface area contributed by atoms with Gasteiger partial charge in [0.25, 0.3) is 5.91 Å². The van der Waals surface area contributed by atoms with E-state index in [1.54, 1.807) is 4.90 Å². The van der Waals surface area contributed by atoms with Crippen molar-refractivity contribution in [2.45, 2.75) is 6.92 Å². The Labute approximate surface area is 113 Å². The van der Waals surface area contributed by atoms with Crippen LogP contribution in [-0.2, 0) is 0 Å². The van der Waals surface area contributed by atoms with Gasteiger partial charge in [0.05, 0.1) is 6.54 Å². The van der Waals surface area contributed by atoms with Gasteiger partial charge in [-0.1, -0.05) is 36.9 Å². The number of hydrogen-bond acceptors (Lipinski definition) is 1. The number of para-hydroxylation sites is 1. The van der Waals surface area contributed by atoms with Crippen molar-refractivity contribution in [3.63, 3.8) is 0 Å². The molecule has 19 heavy (non-hydrogen) atoms. The first-order valence-electron chi connectivity index (χ1n) is 6.33. The lowest BCUT2D eigenvalue weighted by molar-refractivity contribution is 0.0987. The lowest BCUT2D eigenvalue weighted by atomic mass is 9.91. The van der Waals surface area contributed by atoms with Gasteiger partial charge in [0, 0.05) is 11.3 Å². The van der Waals surface area contributed by atoms with E-state index in [9.17, 15) is 4.79 Å². The molecule has 2 nitrogen and oxygen atoms in total. The van der Waals surface area contributed by atoms with E-state index in [0.717, 1.165) is 28.0 Å². The first kappa shape index (κ1) is 11.7. The summed E-state index contributed by atoms with van der Waals surface area (Å²) in [5.74, 6) is 0.0531. The number of hydrogen-bond donors (Lipinski definition) is 0. The molecule has 1 heterocycles. The zero-order valence-corrected chi connectivity index (χ0v) is 10.9. The summed E-state index contributed by atoms with van der Waals surface area (Å²) in [6, 6.07) is 15.6. The second kappa shape index (κ2) is 4.39. The molecule has 0 radical (unpaired) electrons. The second-order valence-corrected chi connectivity index (χ2v) is 4.83. The minimum atomic E-state index is 0.0531. The molecule has 0 aromatic heterocycles. The Morgan fingerprint density at radius 1 is 1.05 bits per heavy atom. The Morgan fingerprint density at radius 3 is 2.53 bits per heavy atom. The van der Waals surface area contributed by atoms with Crippen LogP contribution in [0.2, 0.25) is 0 Å². The van der Waals surface area contributed by atoms with Gasteiger partial charge in [-0.05, 0) is 41.8 Å². The smallest absolute Gasteiger partial charge is 0.259 e. The number of aryl methyl sites for hydroxylation is 1. The highest BCUT2D eigenvalue weighted by atomic mass is 16.2. The highest BCUT2D eigenvalue weighted by Gasteiger charge is 2.28. The number of rotatable bonds is 1. The Balaban J connectivity index is 2.11. The van der Waals surface area contributed by atoms with Gasteiger partial charge in [-0.2, -0.15) is 0 Å². The molecule has 3 rings (SSSR count). The predicted octanol–water partition coefficient (Wildman–Crippen LogP) is 3.67. The van der Waals surface area contributed by atoms with Crippen molar-refractivity contribution in [3.05, 3.63) is 71.8 Å². The van der Waals surface area contributed by atoms with E-state index in [4.69, 9.17) is 0 Å². The lowest BCUT2D eigenvalue weighted by Gasteiger charge is -2.31. The molecule has 2 aromatic carbocycles. The maximum Gasteiger partial charge on any atom is 0.259 e. The Bertz CT molecular complexity index is 658. The minimum Gasteiger partial charge on any atom is -0.304 e. The molecule has 0 spiro atoms. The van der Waals surface area contributed by atoms with E-state index in [2.05, 4.69) is 6.58 Å². The van der Waals surface area contributed by atoms with Crippen LogP contribution in [0.15, 0.2) is 55.1 Å². The number of anilines is 1. The Kier molecular flexibility index (Phi) is 2.71. The third kappa shape index (κ3) is 1.85. The molecule has 2 aromatic rings. The van der Waals surface area contributed by atoms with Crippen LogP contribution in [0.3, 0.4) is 0 Å². The summed E-state index contributed by atoms with van der Waals surface area (Å²) >= 11 is 0. The van der Waals surface area contributed by atoms with Crippen LogP contribution in [0.5, 0.6) is 0 Å². The van der Waals surface area contributed by atoms with Crippen molar-refractivity contribution in [2.24, 2.45) is 0 Å². The highest BCUT2D eigenvalue weighted by Crippen LogP contribution is 2.31. The fourth-order valence-corrected chi connectivity index (χ4v) is 2.62. The van der Waals surface area contributed by atoms with E-state index < -0.39 is 0 Å². The number of carbonyl (C=O) groups is 1. The van der Waals surface area contributed by atoms with Crippen molar-refractivity contribution in [1.29, 1.82) is 0 Å². The van der Waals surface area contributed by atoms with Crippen molar-refractivity contribution >= 4 is 17.2 Å². The Hall–Kier alpha value is -2.35. The van der Waals surface area contributed by atoms with Crippen LogP contribution in [0, 0.1) is 6.92 Å². The zero-order chi connectivity index (χ0) is 13.4. The number of benzene rings is 2. The molecule has 0 unspecified atom stereocenters. The lowest BCUT2D eigenvalue weighted by Crippen LogP contribution is -2.37. The van der Waals surface area contributed by atoms with E-state index in [1.807, 2.05) is 55.5 Å². The van der Waals surface area contributed by atoms with Crippen molar-refractivity contribution < 1.29 is 4.79 Å². The number of carbonyl (C=O) groups excluding carboxylic acids is 1. The second-order valence-electron chi connectivity index (χ2n) is 4.83. The SMILES string of the molecule is C=C1CN(c2ccccc2)C(=O)c2cccc(C)c21. The molecule has 94 valence electrons. The van der Waals surface area contributed by atoms with Crippen LogP contribution >= 0.6 is 0 Å².